The second kappa shape index (κ2) is 8.56. The smallest absolute Gasteiger partial charge is 0.382 e. The van der Waals surface area contributed by atoms with E-state index in [0.29, 0.717) is 11.8 Å². The molecule has 9 nitrogen and oxygen atoms in total. The van der Waals surface area contributed by atoms with Gasteiger partial charge in [-0.05, 0) is 41.8 Å². The van der Waals surface area contributed by atoms with E-state index in [2.05, 4.69) is 30.8 Å². The quantitative estimate of drug-likeness (QED) is 0.350. The van der Waals surface area contributed by atoms with Crippen molar-refractivity contribution in [2.24, 2.45) is 5.41 Å². The summed E-state index contributed by atoms with van der Waals surface area (Å²) in [6.07, 6.45) is -4.48. The highest BCUT2D eigenvalue weighted by atomic mass is 19.4. The van der Waals surface area contributed by atoms with Crippen LogP contribution in [0, 0.1) is 17.0 Å². The summed E-state index contributed by atoms with van der Waals surface area (Å²) in [5.74, 6) is -6.33. The Morgan fingerprint density at radius 3 is 2.32 bits per heavy atom. The van der Waals surface area contributed by atoms with E-state index in [1.807, 2.05) is 0 Å². The van der Waals surface area contributed by atoms with Gasteiger partial charge in [-0.15, -0.1) is 5.10 Å². The lowest BCUT2D eigenvalue weighted by molar-refractivity contribution is -0.348. The molecule has 3 saturated carbocycles. The van der Waals surface area contributed by atoms with Crippen LogP contribution >= 0.6 is 0 Å². The van der Waals surface area contributed by atoms with Crippen molar-refractivity contribution in [1.82, 2.24) is 30.2 Å². The molecule has 38 heavy (non-hydrogen) atoms. The monoisotopic (exact) mass is 547 g/mol. The molecule has 0 saturated heterocycles. The Kier molecular flexibility index (Phi) is 5.90. The second-order valence-electron chi connectivity index (χ2n) is 9.88. The summed E-state index contributed by atoms with van der Waals surface area (Å²) in [7, 11) is 0. The molecule has 3 fully saturated rings. The molecule has 2 heterocycles. The topological polar surface area (TPSA) is 122 Å². The molecule has 3 aliphatic rings. The van der Waals surface area contributed by atoms with Crippen LogP contribution in [0.4, 0.5) is 36.6 Å². The summed E-state index contributed by atoms with van der Waals surface area (Å²) < 4.78 is 98.7. The minimum Gasteiger partial charge on any atom is -0.382 e. The van der Waals surface area contributed by atoms with Crippen molar-refractivity contribution >= 4 is 5.82 Å². The molecule has 0 radical (unpaired) electrons. The Bertz CT molecular complexity index is 1300. The van der Waals surface area contributed by atoms with E-state index in [-0.39, 0.29) is 25.1 Å². The zero-order chi connectivity index (χ0) is 27.6. The number of alkyl halides is 5. The SMILES string of the molecule is O[C@@H](CNc1cnc(C23CC(C(F)(F)[C@](O)(Cn4cnnn4)c4ccc(F)cc4F)(C2)C3)cn1)C(F)(F)F. The Balaban J connectivity index is 1.35. The van der Waals surface area contributed by atoms with Gasteiger partial charge in [0.1, 0.15) is 23.8 Å². The molecular formula is C22H20F7N7O2. The normalized spacial score (nSPS) is 25.2. The van der Waals surface area contributed by atoms with Gasteiger partial charge in [0, 0.05) is 22.5 Å². The van der Waals surface area contributed by atoms with Crippen molar-refractivity contribution in [3.05, 3.63) is 59.8 Å². The maximum atomic E-state index is 16.2. The Labute approximate surface area is 209 Å². The van der Waals surface area contributed by atoms with Crippen LogP contribution in [0.5, 0.6) is 0 Å². The molecule has 204 valence electrons. The molecule has 3 N–H and O–H groups in total. The highest BCUT2D eigenvalue weighted by Gasteiger charge is 2.82. The minimum atomic E-state index is -4.81. The minimum absolute atomic E-state index is 0.0497. The van der Waals surface area contributed by atoms with Crippen molar-refractivity contribution in [2.45, 2.75) is 55.0 Å². The molecule has 16 heteroatoms. The standard InChI is InChI=1S/C22H20F7N7O2/c23-12-1-2-13(14(24)3-12)20(38,10-36-11-33-34-35-36)22(28,29)19-7-18(8-19,9-19)15-4-31-17(6-30-15)32-5-16(37)21(25,26)27/h1-4,6,11,16,37-38H,5,7-10H2,(H,31,32)/t16-,18?,19?,20-/m0/s1. The summed E-state index contributed by atoms with van der Waals surface area (Å²) in [5, 5.41) is 32.9. The number of aromatic nitrogens is 6. The third-order valence-corrected chi connectivity index (χ3v) is 7.42. The first kappa shape index (κ1) is 26.2. The molecule has 3 aliphatic carbocycles. The summed E-state index contributed by atoms with van der Waals surface area (Å²) >= 11 is 0. The van der Waals surface area contributed by atoms with Gasteiger partial charge in [0.05, 0.1) is 31.2 Å². The van der Waals surface area contributed by atoms with Crippen molar-refractivity contribution in [2.75, 3.05) is 11.9 Å². The van der Waals surface area contributed by atoms with Gasteiger partial charge in [0.15, 0.2) is 11.7 Å². The molecule has 3 aromatic rings. The van der Waals surface area contributed by atoms with Crippen molar-refractivity contribution in [3.63, 3.8) is 0 Å². The van der Waals surface area contributed by atoms with Gasteiger partial charge in [0.25, 0.3) is 5.92 Å². The number of benzene rings is 1. The third kappa shape index (κ3) is 3.97. The number of hydrogen-bond acceptors (Lipinski definition) is 8. The number of aliphatic hydroxyl groups is 2. The first-order chi connectivity index (χ1) is 17.7. The maximum absolute atomic E-state index is 16.2. The van der Waals surface area contributed by atoms with Crippen LogP contribution in [0.1, 0.15) is 30.5 Å². The third-order valence-electron chi connectivity index (χ3n) is 7.42. The van der Waals surface area contributed by atoms with Gasteiger partial charge in [-0.1, -0.05) is 0 Å². The molecule has 0 unspecified atom stereocenters. The Morgan fingerprint density at radius 2 is 1.76 bits per heavy atom. The van der Waals surface area contributed by atoms with Crippen LogP contribution in [0.25, 0.3) is 0 Å². The van der Waals surface area contributed by atoms with Crippen LogP contribution in [0.3, 0.4) is 0 Å². The van der Waals surface area contributed by atoms with Gasteiger partial charge >= 0.3 is 6.18 Å². The van der Waals surface area contributed by atoms with Crippen LogP contribution in [0.15, 0.2) is 36.9 Å². The number of tetrazole rings is 1. The van der Waals surface area contributed by atoms with Crippen LogP contribution < -0.4 is 5.32 Å². The Morgan fingerprint density at radius 1 is 1.05 bits per heavy atom. The number of aliphatic hydroxyl groups excluding tert-OH is 1. The Hall–Kier alpha value is -3.40. The van der Waals surface area contributed by atoms with Gasteiger partial charge in [0.2, 0.25) is 0 Å². The molecule has 0 spiro atoms. The van der Waals surface area contributed by atoms with Crippen LogP contribution in [-0.4, -0.2) is 65.1 Å². The lowest BCUT2D eigenvalue weighted by atomic mass is 9.31. The van der Waals surface area contributed by atoms with Gasteiger partial charge < -0.3 is 15.5 Å². The molecule has 0 aliphatic heterocycles. The number of nitrogens with one attached hydrogen (secondary N) is 1. The fourth-order valence-corrected chi connectivity index (χ4v) is 5.51. The predicted molar refractivity (Wildman–Crippen MR) is 114 cm³/mol. The number of rotatable bonds is 9. The van der Waals surface area contributed by atoms with Crippen molar-refractivity contribution in [3.8, 4) is 0 Å². The molecular weight excluding hydrogens is 527 g/mol. The summed E-state index contributed by atoms with van der Waals surface area (Å²) in [4.78, 5) is 8.10. The highest BCUT2D eigenvalue weighted by Crippen LogP contribution is 2.80. The van der Waals surface area contributed by atoms with E-state index in [0.717, 1.165) is 29.3 Å². The highest BCUT2D eigenvalue weighted by molar-refractivity contribution is 5.41. The average molecular weight is 547 g/mol. The van der Waals surface area contributed by atoms with Gasteiger partial charge in [-0.2, -0.15) is 13.2 Å². The zero-order valence-electron chi connectivity index (χ0n) is 19.3. The predicted octanol–water partition coefficient (Wildman–Crippen LogP) is 2.72. The zero-order valence-corrected chi connectivity index (χ0v) is 19.3. The molecule has 2 bridgehead atoms. The molecule has 6 rings (SSSR count). The number of anilines is 1. The number of halogens is 7. The first-order valence-electron chi connectivity index (χ1n) is 11.3. The molecule has 0 amide bonds. The molecule has 2 aromatic heterocycles. The lowest BCUT2D eigenvalue weighted by Gasteiger charge is -2.73. The molecule has 1 aromatic carbocycles. The lowest BCUT2D eigenvalue weighted by Crippen LogP contribution is -2.76. The van der Waals surface area contributed by atoms with E-state index in [1.165, 1.54) is 6.20 Å². The van der Waals surface area contributed by atoms with Crippen LogP contribution in [0.2, 0.25) is 0 Å². The maximum Gasteiger partial charge on any atom is 0.416 e. The van der Waals surface area contributed by atoms with E-state index >= 15 is 8.78 Å². The molecule has 2 atom stereocenters. The van der Waals surface area contributed by atoms with E-state index < -0.39 is 64.9 Å². The average Bonchev–Trinajstić information content (AvgIpc) is 3.28. The van der Waals surface area contributed by atoms with Crippen LogP contribution in [-0.2, 0) is 17.6 Å². The summed E-state index contributed by atoms with van der Waals surface area (Å²) in [5.41, 5.74) is -6.17. The second-order valence-corrected chi connectivity index (χ2v) is 9.88. The van der Waals surface area contributed by atoms with E-state index in [9.17, 15) is 27.1 Å². The van der Waals surface area contributed by atoms with E-state index in [4.69, 9.17) is 5.11 Å². The van der Waals surface area contributed by atoms with Gasteiger partial charge in [-0.25, -0.2) is 27.2 Å². The first-order valence-corrected chi connectivity index (χ1v) is 11.3. The fraction of sp³-hybridized carbons (Fsp3) is 0.500. The number of nitrogens with zero attached hydrogens (tertiary/aromatic N) is 6. The summed E-state index contributed by atoms with van der Waals surface area (Å²) in [6.45, 7) is -1.76. The van der Waals surface area contributed by atoms with Crippen molar-refractivity contribution < 1.29 is 40.9 Å². The fourth-order valence-electron chi connectivity index (χ4n) is 5.51. The number of hydrogen-bond donors (Lipinski definition) is 3. The van der Waals surface area contributed by atoms with Gasteiger partial charge in [-0.3, -0.25) is 4.98 Å². The van der Waals surface area contributed by atoms with Crippen molar-refractivity contribution in [1.29, 1.82) is 0 Å². The largest absolute Gasteiger partial charge is 0.416 e. The van der Waals surface area contributed by atoms with E-state index in [1.54, 1.807) is 0 Å². The summed E-state index contributed by atoms with van der Waals surface area (Å²) in [6, 6.07) is 1.93.